The number of carbonyl (C=O) groups is 1. The molecular formula is C56H103O4P. The summed E-state index contributed by atoms with van der Waals surface area (Å²) < 4.78 is 6.21. The van der Waals surface area contributed by atoms with E-state index in [0.717, 1.165) is 138 Å². The van der Waals surface area contributed by atoms with Gasteiger partial charge in [0.25, 0.3) is 0 Å². The van der Waals surface area contributed by atoms with E-state index in [4.69, 9.17) is 1.37 Å². The van der Waals surface area contributed by atoms with Crippen molar-refractivity contribution in [2.45, 2.75) is 235 Å². The lowest BCUT2D eigenvalue weighted by Gasteiger charge is -2.62. The standard InChI is InChI=1S/C26H46O2.C26H44O2.C2H7P.C2H6/c2*1-5-26(28)15-14-24(3)19(17-26)8-9-20-22-11-10-21(18(2)7-6-16-27)25(22,4)13-12-23(20)24;1-3-2;1-2/h18-23,27-28H,5-17H2,1-4H3;16,18-23,28H,5-15,17H2,1-4H3;3H,1-2H3;1-2H3/t2*18-,19+,20+,21-,22+,23+,24+,25-,26+;;/m11../s1/i;;;1D. The van der Waals surface area contributed by atoms with Gasteiger partial charge in [0.05, 0.1) is 11.2 Å². The summed E-state index contributed by atoms with van der Waals surface area (Å²) in [6.45, 7) is 26.7. The Morgan fingerprint density at radius 1 is 0.623 bits per heavy atom. The molecule has 0 bridgehead atoms. The van der Waals surface area contributed by atoms with Crippen LogP contribution in [0, 0.1) is 92.7 Å². The average Bonchev–Trinajstić information content (AvgIpc) is 3.80. The zero-order valence-electron chi connectivity index (χ0n) is 43.1. The molecule has 3 N–H and O–H groups in total. The van der Waals surface area contributed by atoms with Crippen LogP contribution in [0.2, 0.25) is 0 Å². The molecule has 8 aliphatic rings. The monoisotopic (exact) mass is 872 g/mol. The summed E-state index contributed by atoms with van der Waals surface area (Å²) in [4.78, 5) is 10.9. The normalized spacial score (nSPS) is 48.1. The van der Waals surface area contributed by atoms with E-state index in [0.29, 0.717) is 41.1 Å². The summed E-state index contributed by atoms with van der Waals surface area (Å²) in [5.41, 5.74) is 1.23. The quantitative estimate of drug-likeness (QED) is 0.151. The van der Waals surface area contributed by atoms with E-state index in [9.17, 15) is 20.1 Å². The molecular weight excluding hydrogens is 768 g/mol. The highest BCUT2D eigenvalue weighted by Crippen LogP contribution is 2.71. The van der Waals surface area contributed by atoms with Gasteiger partial charge in [0.15, 0.2) is 0 Å². The molecule has 18 atom stereocenters. The number of aldehydes is 1. The molecule has 0 heterocycles. The third-order valence-electron chi connectivity index (χ3n) is 22.0. The van der Waals surface area contributed by atoms with Crippen LogP contribution in [0.25, 0.3) is 0 Å². The number of rotatable bonds is 10. The van der Waals surface area contributed by atoms with Crippen molar-refractivity contribution in [3.05, 3.63) is 0 Å². The summed E-state index contributed by atoms with van der Waals surface area (Å²) in [5.74, 6) is 10.1. The molecule has 8 rings (SSSR count). The highest BCUT2D eigenvalue weighted by molar-refractivity contribution is 7.35. The second-order valence-corrected chi connectivity index (χ2v) is 25.4. The number of hydrogen-bond acceptors (Lipinski definition) is 4. The highest BCUT2D eigenvalue weighted by Gasteiger charge is 2.63. The van der Waals surface area contributed by atoms with Crippen LogP contribution < -0.4 is 0 Å². The molecule has 0 saturated heterocycles. The molecule has 0 aromatic heterocycles. The minimum Gasteiger partial charge on any atom is -0.396 e. The molecule has 0 amide bonds. The number of fused-ring (bicyclic) bond motifs is 10. The molecule has 4 nitrogen and oxygen atoms in total. The Hall–Kier alpha value is -0.0200. The summed E-state index contributed by atoms with van der Waals surface area (Å²) in [6.07, 6.45) is 30.5. The van der Waals surface area contributed by atoms with Crippen molar-refractivity contribution >= 4 is 14.9 Å². The Labute approximate surface area is 382 Å². The molecule has 0 aliphatic heterocycles. The highest BCUT2D eigenvalue weighted by atomic mass is 31.1. The third kappa shape index (κ3) is 10.0. The zero-order chi connectivity index (χ0) is 45.7. The van der Waals surface area contributed by atoms with Crippen molar-refractivity contribution < 1.29 is 21.5 Å². The van der Waals surface area contributed by atoms with E-state index in [2.05, 4.69) is 68.7 Å². The van der Waals surface area contributed by atoms with Gasteiger partial charge in [0.1, 0.15) is 6.29 Å². The second kappa shape index (κ2) is 21.3. The predicted molar refractivity (Wildman–Crippen MR) is 262 cm³/mol. The van der Waals surface area contributed by atoms with E-state index in [1.807, 2.05) is 0 Å². The lowest BCUT2D eigenvalue weighted by Crippen LogP contribution is -2.56. The van der Waals surface area contributed by atoms with Gasteiger partial charge in [-0.15, -0.1) is 8.58 Å². The molecule has 8 saturated carbocycles. The minimum absolute atomic E-state index is 0.353. The SMILES string of the molecule is CC[C@]1(O)CC[C@@]2(C)[C@@H](CC[C@@H]3[C@@H]2CC[C@]2(C)[C@@H]([C@H](C)CCC=O)CC[C@@H]32)C1.CC[C@]1(O)CC[C@@]2(C)[C@@H](CC[C@@H]3[C@@H]2CC[C@]2(C)[C@@H]([C@H](C)CCCO)CC[C@@H]32)C1.CPC.[2H]CC. The van der Waals surface area contributed by atoms with Crippen LogP contribution in [0.5, 0.6) is 0 Å². The van der Waals surface area contributed by atoms with Crippen LogP contribution in [0.4, 0.5) is 0 Å². The van der Waals surface area contributed by atoms with E-state index in [1.54, 1.807) is 6.92 Å². The Balaban J connectivity index is 0.000000208. The molecule has 0 aromatic carbocycles. The Kier molecular flexibility index (Phi) is 17.6. The van der Waals surface area contributed by atoms with Crippen molar-refractivity contribution in [3.63, 3.8) is 0 Å². The molecule has 0 spiro atoms. The maximum atomic E-state index is 11.0. The van der Waals surface area contributed by atoms with Gasteiger partial charge in [-0.2, -0.15) is 0 Å². The van der Waals surface area contributed by atoms with Gasteiger partial charge >= 0.3 is 0 Å². The summed E-state index contributed by atoms with van der Waals surface area (Å²) in [7, 11) is 1.08. The van der Waals surface area contributed by atoms with Crippen molar-refractivity contribution in [2.24, 2.45) is 92.7 Å². The summed E-state index contributed by atoms with van der Waals surface area (Å²) in [6, 6.07) is 0. The lowest BCUT2D eigenvalue weighted by atomic mass is 9.43. The number of aliphatic hydroxyl groups excluding tert-OH is 1. The van der Waals surface area contributed by atoms with Gasteiger partial charge in [-0.25, -0.2) is 0 Å². The molecule has 356 valence electrons. The van der Waals surface area contributed by atoms with E-state index in [-0.39, 0.29) is 11.2 Å². The first kappa shape index (κ1) is 50.4. The predicted octanol–water partition coefficient (Wildman–Crippen LogP) is 14.5. The van der Waals surface area contributed by atoms with Crippen LogP contribution in [0.15, 0.2) is 0 Å². The molecule has 61 heavy (non-hydrogen) atoms. The first-order valence-corrected chi connectivity index (χ1v) is 28.7. The van der Waals surface area contributed by atoms with Crippen LogP contribution in [-0.4, -0.2) is 52.7 Å². The smallest absolute Gasteiger partial charge is 0.120 e. The second-order valence-electron chi connectivity index (χ2n) is 24.4. The van der Waals surface area contributed by atoms with Gasteiger partial charge < -0.3 is 20.1 Å². The fourth-order valence-electron chi connectivity index (χ4n) is 18.4. The number of carbonyl (C=O) groups excluding carboxylic acids is 1. The van der Waals surface area contributed by atoms with Crippen LogP contribution >= 0.6 is 8.58 Å². The first-order valence-electron chi connectivity index (χ1n) is 27.5. The van der Waals surface area contributed by atoms with E-state index >= 15 is 0 Å². The van der Waals surface area contributed by atoms with Crippen LogP contribution in [0.1, 0.15) is 225 Å². The van der Waals surface area contributed by atoms with E-state index < -0.39 is 0 Å². The van der Waals surface area contributed by atoms with Crippen LogP contribution in [-0.2, 0) is 4.79 Å². The third-order valence-corrected chi connectivity index (χ3v) is 22.0. The van der Waals surface area contributed by atoms with Gasteiger partial charge in [-0.1, -0.05) is 69.2 Å². The Morgan fingerprint density at radius 3 is 1.39 bits per heavy atom. The van der Waals surface area contributed by atoms with Gasteiger partial charge in [0, 0.05) is 14.4 Å². The zero-order valence-corrected chi connectivity index (χ0v) is 43.1. The fourth-order valence-corrected chi connectivity index (χ4v) is 18.4. The molecule has 8 aliphatic carbocycles. The maximum absolute atomic E-state index is 11.0. The lowest BCUT2D eigenvalue weighted by molar-refractivity contribution is -0.152. The maximum Gasteiger partial charge on any atom is 0.120 e. The van der Waals surface area contributed by atoms with E-state index in [1.165, 1.54) is 96.3 Å². The van der Waals surface area contributed by atoms with Crippen LogP contribution in [0.3, 0.4) is 0 Å². The Bertz CT molecular complexity index is 1390. The first-order chi connectivity index (χ1) is 29.4. The topological polar surface area (TPSA) is 77.8 Å². The van der Waals surface area contributed by atoms with Crippen molar-refractivity contribution in [1.29, 1.82) is 0 Å². The molecule has 0 radical (unpaired) electrons. The Morgan fingerprint density at radius 2 is 1.02 bits per heavy atom. The van der Waals surface area contributed by atoms with Gasteiger partial charge in [-0.3, -0.25) is 0 Å². The van der Waals surface area contributed by atoms with Gasteiger partial charge in [0.2, 0.25) is 0 Å². The van der Waals surface area contributed by atoms with Crippen molar-refractivity contribution in [1.82, 2.24) is 0 Å². The summed E-state index contributed by atoms with van der Waals surface area (Å²) >= 11 is 0. The van der Waals surface area contributed by atoms with Crippen molar-refractivity contribution in [3.8, 4) is 0 Å². The number of hydrogen-bond donors (Lipinski definition) is 3. The number of aliphatic hydroxyl groups is 3. The average molecular weight is 872 g/mol. The van der Waals surface area contributed by atoms with Gasteiger partial charge in [-0.05, 0) is 254 Å². The largest absolute Gasteiger partial charge is 0.396 e. The minimum atomic E-state index is -0.382. The molecule has 0 aromatic rings. The molecule has 8 fully saturated rings. The molecule has 0 unspecified atom stereocenters. The summed E-state index contributed by atoms with van der Waals surface area (Å²) in [5, 5.41) is 31.2. The fraction of sp³-hybridized carbons (Fsp3) is 0.982. The molecule has 5 heteroatoms. The van der Waals surface area contributed by atoms with Crippen molar-refractivity contribution in [2.75, 3.05) is 19.9 Å².